The maximum Gasteiger partial charge on any atom is 0.260 e. The van der Waals surface area contributed by atoms with E-state index in [1.54, 1.807) is 6.92 Å². The first-order chi connectivity index (χ1) is 5.57. The fourth-order valence-corrected chi connectivity index (χ4v) is 1.56. The molecule has 5 heteroatoms. The summed E-state index contributed by atoms with van der Waals surface area (Å²) in [5, 5.41) is 3.44. The van der Waals surface area contributed by atoms with E-state index in [1.165, 1.54) is 0 Å². The highest BCUT2D eigenvalue weighted by molar-refractivity contribution is 5.15. The van der Waals surface area contributed by atoms with Crippen LogP contribution in [-0.2, 0) is 0 Å². The van der Waals surface area contributed by atoms with Crippen molar-refractivity contribution in [3.63, 3.8) is 0 Å². The van der Waals surface area contributed by atoms with Crippen LogP contribution < -0.4 is 5.73 Å². The third-order valence-electron chi connectivity index (χ3n) is 2.15. The Bertz CT molecular complexity index is 289. The average molecular weight is 171 g/mol. The highest BCUT2D eigenvalue weighted by Gasteiger charge is 2.44. The molecule has 0 unspecified atom stereocenters. The van der Waals surface area contributed by atoms with E-state index in [4.69, 9.17) is 10.3 Å². The molecule has 1 aliphatic rings. The van der Waals surface area contributed by atoms with Crippen LogP contribution in [0.2, 0.25) is 0 Å². The van der Waals surface area contributed by atoms with Crippen LogP contribution in [0.25, 0.3) is 0 Å². The summed E-state index contributed by atoms with van der Waals surface area (Å²) in [6.07, 6.45) is 0.906. The van der Waals surface area contributed by atoms with Gasteiger partial charge in [-0.1, -0.05) is 0 Å². The van der Waals surface area contributed by atoms with Gasteiger partial charge in [0.05, 0.1) is 0 Å². The predicted octanol–water partition coefficient (Wildman–Crippen LogP) is 1.26. The molecule has 2 N–H and O–H groups in total. The Morgan fingerprint density at radius 2 is 2.33 bits per heavy atom. The van der Waals surface area contributed by atoms with E-state index < -0.39 is 5.67 Å². The monoisotopic (exact) mass is 171 g/mol. The number of nitrogen functional groups attached to an aromatic ring is 1. The minimum Gasteiger partial charge on any atom is -0.365 e. The zero-order chi connectivity index (χ0) is 8.77. The summed E-state index contributed by atoms with van der Waals surface area (Å²) in [4.78, 5) is 3.83. The molecule has 0 bridgehead atoms. The summed E-state index contributed by atoms with van der Waals surface area (Å²) < 4.78 is 17.8. The zero-order valence-corrected chi connectivity index (χ0v) is 6.75. The van der Waals surface area contributed by atoms with Crippen molar-refractivity contribution in [1.82, 2.24) is 10.1 Å². The number of nitrogens with zero attached hydrogens (tertiary/aromatic N) is 2. The van der Waals surface area contributed by atoms with Gasteiger partial charge < -0.3 is 10.3 Å². The van der Waals surface area contributed by atoms with E-state index in [-0.39, 0.29) is 11.9 Å². The Morgan fingerprint density at radius 3 is 2.75 bits per heavy atom. The highest BCUT2D eigenvalue weighted by Crippen LogP contribution is 2.46. The van der Waals surface area contributed by atoms with Crippen LogP contribution in [-0.4, -0.2) is 15.8 Å². The molecular formula is C7H10FN3O. The van der Waals surface area contributed by atoms with Gasteiger partial charge in [0, 0.05) is 5.92 Å². The number of nitrogens with two attached hydrogens (primary N) is 1. The Balaban J connectivity index is 2.06. The van der Waals surface area contributed by atoms with Crippen molar-refractivity contribution >= 4 is 5.95 Å². The van der Waals surface area contributed by atoms with Crippen LogP contribution >= 0.6 is 0 Å². The molecule has 66 valence electrons. The van der Waals surface area contributed by atoms with Gasteiger partial charge in [0.1, 0.15) is 5.67 Å². The van der Waals surface area contributed by atoms with Crippen molar-refractivity contribution in [3.8, 4) is 0 Å². The first-order valence-electron chi connectivity index (χ1n) is 3.85. The van der Waals surface area contributed by atoms with E-state index in [0.29, 0.717) is 18.7 Å². The smallest absolute Gasteiger partial charge is 0.260 e. The number of hydrogen-bond acceptors (Lipinski definition) is 4. The number of halogens is 1. The molecule has 1 aromatic rings. The largest absolute Gasteiger partial charge is 0.365 e. The standard InChI is InChI=1S/C7H10FN3O/c1-7(8)2-4(3-7)5-10-6(9)11-12-5/h4H,2-3H2,1H3,(H2,9,11)/t4-,7-. The first kappa shape index (κ1) is 7.52. The molecule has 0 atom stereocenters. The molecule has 0 radical (unpaired) electrons. The third-order valence-corrected chi connectivity index (χ3v) is 2.15. The number of anilines is 1. The zero-order valence-electron chi connectivity index (χ0n) is 6.75. The lowest BCUT2D eigenvalue weighted by atomic mass is 9.73. The summed E-state index contributed by atoms with van der Waals surface area (Å²) in [6, 6.07) is 0. The maximum atomic E-state index is 13.0. The van der Waals surface area contributed by atoms with E-state index in [0.717, 1.165) is 0 Å². The third kappa shape index (κ3) is 1.15. The Morgan fingerprint density at radius 1 is 1.67 bits per heavy atom. The van der Waals surface area contributed by atoms with Gasteiger partial charge in [0.2, 0.25) is 5.89 Å². The Kier molecular flexibility index (Phi) is 1.37. The van der Waals surface area contributed by atoms with E-state index in [2.05, 4.69) is 10.1 Å². The lowest BCUT2D eigenvalue weighted by molar-refractivity contribution is 0.0481. The molecule has 0 aliphatic heterocycles. The van der Waals surface area contributed by atoms with Crippen LogP contribution in [0.3, 0.4) is 0 Å². The van der Waals surface area contributed by atoms with Gasteiger partial charge in [-0.3, -0.25) is 0 Å². The molecule has 12 heavy (non-hydrogen) atoms. The van der Waals surface area contributed by atoms with E-state index in [9.17, 15) is 4.39 Å². The summed E-state index contributed by atoms with van der Waals surface area (Å²) in [6.45, 7) is 1.57. The van der Waals surface area contributed by atoms with Crippen LogP contribution in [0.4, 0.5) is 10.3 Å². The molecule has 0 saturated heterocycles. The molecule has 1 fully saturated rings. The van der Waals surface area contributed by atoms with Crippen LogP contribution in [0.1, 0.15) is 31.6 Å². The van der Waals surface area contributed by atoms with Crippen molar-refractivity contribution < 1.29 is 8.91 Å². The summed E-state index contributed by atoms with van der Waals surface area (Å²) in [5.74, 6) is 0.643. The topological polar surface area (TPSA) is 64.9 Å². The number of rotatable bonds is 1. The normalized spacial score (nSPS) is 34.7. The maximum absolute atomic E-state index is 13.0. The average Bonchev–Trinajstić information content (AvgIpc) is 2.30. The van der Waals surface area contributed by atoms with Gasteiger partial charge >= 0.3 is 0 Å². The summed E-state index contributed by atoms with van der Waals surface area (Å²) in [5.41, 5.74) is 4.19. The molecule has 1 aliphatic carbocycles. The molecule has 0 aromatic carbocycles. The van der Waals surface area contributed by atoms with Gasteiger partial charge in [-0.25, -0.2) is 4.39 Å². The van der Waals surface area contributed by atoms with Gasteiger partial charge in [-0.2, -0.15) is 4.98 Å². The second kappa shape index (κ2) is 2.18. The van der Waals surface area contributed by atoms with Crippen molar-refractivity contribution in [1.29, 1.82) is 0 Å². The van der Waals surface area contributed by atoms with E-state index in [1.807, 2.05) is 0 Å². The van der Waals surface area contributed by atoms with Gasteiger partial charge in [-0.05, 0) is 24.9 Å². The van der Waals surface area contributed by atoms with E-state index >= 15 is 0 Å². The predicted molar refractivity (Wildman–Crippen MR) is 40.2 cm³/mol. The van der Waals surface area contributed by atoms with Gasteiger partial charge in [0.15, 0.2) is 0 Å². The van der Waals surface area contributed by atoms with Crippen LogP contribution in [0.5, 0.6) is 0 Å². The molecule has 1 saturated carbocycles. The van der Waals surface area contributed by atoms with Crippen LogP contribution in [0.15, 0.2) is 4.52 Å². The summed E-state index contributed by atoms with van der Waals surface area (Å²) in [7, 11) is 0. The second-order valence-corrected chi connectivity index (χ2v) is 3.51. The Labute approximate surface area is 68.9 Å². The lowest BCUT2D eigenvalue weighted by Crippen LogP contribution is -2.35. The van der Waals surface area contributed by atoms with Crippen LogP contribution in [0, 0.1) is 0 Å². The molecule has 1 aromatic heterocycles. The quantitative estimate of drug-likeness (QED) is 0.690. The molecule has 0 amide bonds. The number of hydrogen-bond donors (Lipinski definition) is 1. The second-order valence-electron chi connectivity index (χ2n) is 3.51. The molecular weight excluding hydrogens is 161 g/mol. The highest BCUT2D eigenvalue weighted by atomic mass is 19.1. The minimum atomic E-state index is -1.06. The lowest BCUT2D eigenvalue weighted by Gasteiger charge is -2.36. The fourth-order valence-electron chi connectivity index (χ4n) is 1.56. The van der Waals surface area contributed by atoms with Gasteiger partial charge in [-0.15, -0.1) is 0 Å². The SMILES string of the molecule is C[C@]1(F)C[C@H](c2nc(N)no2)C1. The van der Waals surface area contributed by atoms with Crippen molar-refractivity contribution in [3.05, 3.63) is 5.89 Å². The van der Waals surface area contributed by atoms with Crippen molar-refractivity contribution in [2.45, 2.75) is 31.4 Å². The fraction of sp³-hybridized carbons (Fsp3) is 0.714. The molecule has 1 heterocycles. The van der Waals surface area contributed by atoms with Crippen molar-refractivity contribution in [2.24, 2.45) is 0 Å². The molecule has 2 rings (SSSR count). The molecule has 4 nitrogen and oxygen atoms in total. The van der Waals surface area contributed by atoms with Gasteiger partial charge in [0.25, 0.3) is 5.95 Å². The molecule has 0 spiro atoms. The summed E-state index contributed by atoms with van der Waals surface area (Å²) >= 11 is 0. The minimum absolute atomic E-state index is 0.0600. The van der Waals surface area contributed by atoms with Crippen molar-refractivity contribution in [2.75, 3.05) is 5.73 Å². The Hall–Kier alpha value is -1.13. The first-order valence-corrected chi connectivity index (χ1v) is 3.85. The number of alkyl halides is 1. The number of aromatic nitrogens is 2.